The number of hydrogen-bond acceptors (Lipinski definition) is 13. The molecule has 0 saturated carbocycles. The first kappa shape index (κ1) is 57.4. The third kappa shape index (κ3) is 20.0. The van der Waals surface area contributed by atoms with Gasteiger partial charge in [-0.1, -0.05) is 70.9 Å². The molecule has 0 spiro atoms. The van der Waals surface area contributed by atoms with Crippen molar-refractivity contribution in [2.45, 2.75) is 121 Å². The van der Waals surface area contributed by atoms with Crippen LogP contribution >= 0.6 is 12.6 Å². The van der Waals surface area contributed by atoms with Crippen LogP contribution in [0.2, 0.25) is 0 Å². The van der Waals surface area contributed by atoms with E-state index in [1.807, 2.05) is 6.92 Å². The second-order valence-electron chi connectivity index (χ2n) is 16.4. The van der Waals surface area contributed by atoms with E-state index in [9.17, 15) is 38.4 Å². The SMILES string of the molecule is CC[C@H](C)[C@H](N)C(=O)N[C@@H](Cc1cnc[nH]1)C(=O)N[C@@H](CCCN=C(N)N)C(=O)N[C@H](C(=O)N[C@@H](Cc1ccccc1)C(=O)N[C@@H](CCCN=C(N)N)C(=O)N[C@@H](CS)C(=O)C(N)=O)[C@@H](C)CC. The number of guanidine groups is 2. The summed E-state index contributed by atoms with van der Waals surface area (Å²) < 4.78 is 0. The van der Waals surface area contributed by atoms with Crippen molar-refractivity contribution in [3.05, 3.63) is 54.1 Å². The number of benzene rings is 1. The minimum Gasteiger partial charge on any atom is -0.370 e. The number of carbonyl (C=O) groups is 8. The molecule has 0 aliphatic heterocycles. The van der Waals surface area contributed by atoms with Gasteiger partial charge < -0.3 is 71.3 Å². The molecule has 7 amide bonds. The number of Topliss-reactive ketones (excluding diaryl/α,β-unsaturated/α-hetero) is 1. The standard InChI is InChI=1S/C43H70N16O8S/c1-5-23(3)32(44)40(66)56-30(19-26-20-50-22-53-26)39(65)55-28(15-11-17-52-43(48)49)37(63)59-33(24(4)6-2)41(67)57-29(18-25-12-8-7-9-13-25)38(64)54-27(14-10-16-51-42(46)47)36(62)58-31(21-68)34(60)35(45)61/h7-9,12-13,20,22-24,27-33,68H,5-6,10-11,14-19,21,44H2,1-4H3,(H2,45,61)(H,50,53)(H,54,64)(H,55,65)(H,56,66)(H,57,67)(H,58,62)(H,59,63)(H4,46,47,51)(H4,48,49,52)/t23-,24-,27-,28-,29-,30-,31-,32-,33-/m0/s1. The molecule has 25 heteroatoms. The first-order valence-electron chi connectivity index (χ1n) is 22.4. The number of amides is 7. The van der Waals surface area contributed by atoms with Gasteiger partial charge in [0, 0.05) is 43.6 Å². The van der Waals surface area contributed by atoms with Crippen LogP contribution in [-0.2, 0) is 51.2 Å². The molecule has 376 valence electrons. The molecule has 19 N–H and O–H groups in total. The van der Waals surface area contributed by atoms with Crippen molar-refractivity contribution in [3.63, 3.8) is 0 Å². The number of nitrogens with one attached hydrogen (secondary N) is 7. The Hall–Kier alpha value is -6.76. The van der Waals surface area contributed by atoms with Gasteiger partial charge in [0.1, 0.15) is 36.3 Å². The van der Waals surface area contributed by atoms with E-state index >= 15 is 0 Å². The molecule has 2 aromatic rings. The van der Waals surface area contributed by atoms with Gasteiger partial charge in [-0.25, -0.2) is 4.98 Å². The average molecular weight is 971 g/mol. The molecule has 1 aromatic heterocycles. The molecule has 0 unspecified atom stereocenters. The predicted octanol–water partition coefficient (Wildman–Crippen LogP) is -3.39. The number of imidazole rings is 1. The summed E-state index contributed by atoms with van der Waals surface area (Å²) >= 11 is 4.06. The number of aromatic amines is 1. The number of thiol groups is 1. The number of primary amides is 1. The highest BCUT2D eigenvalue weighted by atomic mass is 32.1. The van der Waals surface area contributed by atoms with Crippen LogP contribution in [0.15, 0.2) is 52.8 Å². The molecule has 1 heterocycles. The fourth-order valence-electron chi connectivity index (χ4n) is 6.61. The maximum atomic E-state index is 14.4. The zero-order chi connectivity index (χ0) is 50.9. The Balaban J connectivity index is 2.51. The van der Waals surface area contributed by atoms with Gasteiger partial charge in [0.25, 0.3) is 5.91 Å². The van der Waals surface area contributed by atoms with Gasteiger partial charge in [0.05, 0.1) is 12.4 Å². The lowest BCUT2D eigenvalue weighted by Crippen LogP contribution is -2.61. The molecule has 2 rings (SSSR count). The fraction of sp³-hybridized carbons (Fsp3) is 0.558. The van der Waals surface area contributed by atoms with Gasteiger partial charge in [-0.15, -0.1) is 0 Å². The molecule has 68 heavy (non-hydrogen) atoms. The maximum absolute atomic E-state index is 14.4. The second-order valence-corrected chi connectivity index (χ2v) is 16.7. The van der Waals surface area contributed by atoms with E-state index in [-0.39, 0.29) is 75.2 Å². The summed E-state index contributed by atoms with van der Waals surface area (Å²) in [6, 6.07) is -0.126. The lowest BCUT2D eigenvalue weighted by molar-refractivity contribution is -0.138. The van der Waals surface area contributed by atoms with Crippen LogP contribution in [0, 0.1) is 11.8 Å². The van der Waals surface area contributed by atoms with Crippen LogP contribution in [0.4, 0.5) is 0 Å². The predicted molar refractivity (Wildman–Crippen MR) is 259 cm³/mol. The topological polar surface area (TPSA) is 418 Å². The van der Waals surface area contributed by atoms with Crippen LogP contribution < -0.4 is 66.3 Å². The summed E-state index contributed by atoms with van der Waals surface area (Å²) in [5.74, 6) is -8.34. The summed E-state index contributed by atoms with van der Waals surface area (Å²) in [6.07, 6.45) is 4.09. The van der Waals surface area contributed by atoms with E-state index in [1.165, 1.54) is 12.5 Å². The zero-order valence-electron chi connectivity index (χ0n) is 39.0. The Morgan fingerprint density at radius 2 is 1.10 bits per heavy atom. The molecule has 0 aliphatic rings. The fourth-order valence-corrected chi connectivity index (χ4v) is 6.87. The molecule has 0 bridgehead atoms. The minimum absolute atomic E-state index is 0.00884. The third-order valence-corrected chi connectivity index (χ3v) is 11.5. The lowest BCUT2D eigenvalue weighted by Gasteiger charge is -2.30. The Morgan fingerprint density at radius 3 is 1.57 bits per heavy atom. The number of hydrogen-bond donors (Lipinski definition) is 14. The van der Waals surface area contributed by atoms with Gasteiger partial charge in [0.2, 0.25) is 41.2 Å². The molecular weight excluding hydrogens is 901 g/mol. The number of aliphatic imine (C=N–C) groups is 2. The number of aromatic nitrogens is 2. The van der Waals surface area contributed by atoms with Crippen molar-refractivity contribution >= 4 is 71.7 Å². The Labute approximate surface area is 401 Å². The second kappa shape index (κ2) is 29.8. The number of carbonyl (C=O) groups excluding carboxylic acids is 8. The average Bonchev–Trinajstić information content (AvgIpc) is 3.83. The van der Waals surface area contributed by atoms with E-state index in [0.29, 0.717) is 24.1 Å². The first-order valence-corrected chi connectivity index (χ1v) is 23.0. The van der Waals surface area contributed by atoms with Gasteiger partial charge >= 0.3 is 0 Å². The quantitative estimate of drug-likeness (QED) is 0.0115. The molecule has 0 radical (unpaired) electrons. The monoisotopic (exact) mass is 971 g/mol. The molecular formula is C43H70N16O8S. The number of rotatable bonds is 31. The zero-order valence-corrected chi connectivity index (χ0v) is 39.9. The van der Waals surface area contributed by atoms with Gasteiger partial charge in [0.15, 0.2) is 11.9 Å². The Kier molecular flexibility index (Phi) is 25.1. The van der Waals surface area contributed by atoms with Crippen molar-refractivity contribution < 1.29 is 38.4 Å². The van der Waals surface area contributed by atoms with E-state index < -0.39 is 95.3 Å². The minimum atomic E-state index is -1.41. The van der Waals surface area contributed by atoms with Crippen molar-refractivity contribution in [2.75, 3.05) is 18.8 Å². The van der Waals surface area contributed by atoms with Crippen LogP contribution in [0.5, 0.6) is 0 Å². The number of H-pyrrole nitrogens is 1. The smallest absolute Gasteiger partial charge is 0.287 e. The van der Waals surface area contributed by atoms with Crippen LogP contribution in [0.25, 0.3) is 0 Å². The number of nitrogens with two attached hydrogens (primary N) is 6. The molecule has 24 nitrogen and oxygen atoms in total. The van der Waals surface area contributed by atoms with E-state index in [4.69, 9.17) is 34.4 Å². The van der Waals surface area contributed by atoms with Gasteiger partial charge in [-0.2, -0.15) is 12.6 Å². The van der Waals surface area contributed by atoms with Crippen molar-refractivity contribution in [3.8, 4) is 0 Å². The van der Waals surface area contributed by atoms with Gasteiger partial charge in [-0.05, 0) is 43.1 Å². The normalized spacial score (nSPS) is 14.9. The highest BCUT2D eigenvalue weighted by Crippen LogP contribution is 2.13. The maximum Gasteiger partial charge on any atom is 0.287 e. The highest BCUT2D eigenvalue weighted by Gasteiger charge is 2.36. The highest BCUT2D eigenvalue weighted by molar-refractivity contribution is 7.80. The van der Waals surface area contributed by atoms with Crippen molar-refractivity contribution in [2.24, 2.45) is 56.2 Å². The third-order valence-electron chi connectivity index (χ3n) is 11.1. The Morgan fingerprint density at radius 1 is 0.632 bits per heavy atom. The number of ketones is 1. The summed E-state index contributed by atoms with van der Waals surface area (Å²) in [5, 5.41) is 16.0. The van der Waals surface area contributed by atoms with Gasteiger partial charge in [-0.3, -0.25) is 48.3 Å². The molecule has 0 fully saturated rings. The van der Waals surface area contributed by atoms with Crippen LogP contribution in [-0.4, -0.2) is 130 Å². The summed E-state index contributed by atoms with van der Waals surface area (Å²) in [6.45, 7) is 7.35. The largest absolute Gasteiger partial charge is 0.370 e. The number of nitrogens with zero attached hydrogens (tertiary/aromatic N) is 3. The van der Waals surface area contributed by atoms with Crippen LogP contribution in [0.3, 0.4) is 0 Å². The molecule has 9 atom stereocenters. The van der Waals surface area contributed by atoms with Crippen LogP contribution in [0.1, 0.15) is 77.5 Å². The molecule has 0 saturated heterocycles. The Bertz CT molecular complexity index is 2030. The molecule has 0 aliphatic carbocycles. The van der Waals surface area contributed by atoms with E-state index in [0.717, 1.165) is 0 Å². The summed E-state index contributed by atoms with van der Waals surface area (Å²) in [4.78, 5) is 123. The summed E-state index contributed by atoms with van der Waals surface area (Å²) in [7, 11) is 0. The first-order chi connectivity index (χ1) is 32.2. The van der Waals surface area contributed by atoms with Crippen molar-refractivity contribution in [1.82, 2.24) is 41.9 Å². The van der Waals surface area contributed by atoms with E-state index in [1.54, 1.807) is 51.1 Å². The molecule has 1 aromatic carbocycles. The summed E-state index contributed by atoms with van der Waals surface area (Å²) in [5.41, 5.74) is 34.5. The lowest BCUT2D eigenvalue weighted by atomic mass is 9.96. The van der Waals surface area contributed by atoms with E-state index in [2.05, 4.69) is 64.5 Å². The van der Waals surface area contributed by atoms with Crippen molar-refractivity contribution in [1.29, 1.82) is 0 Å².